The van der Waals surface area contributed by atoms with Crippen molar-refractivity contribution in [3.63, 3.8) is 0 Å². The van der Waals surface area contributed by atoms with Crippen molar-refractivity contribution in [1.29, 1.82) is 0 Å². The first kappa shape index (κ1) is 17.2. The van der Waals surface area contributed by atoms with E-state index in [-0.39, 0.29) is 11.6 Å². The molecule has 7 heteroatoms. The van der Waals surface area contributed by atoms with Crippen LogP contribution in [0.2, 0.25) is 10.0 Å². The Hall–Kier alpha value is -2.63. The van der Waals surface area contributed by atoms with Crippen LogP contribution in [-0.4, -0.2) is 15.9 Å². The van der Waals surface area contributed by atoms with Gasteiger partial charge in [0.15, 0.2) is 0 Å². The number of anilines is 3. The lowest BCUT2D eigenvalue weighted by Crippen LogP contribution is -2.14. The highest BCUT2D eigenvalue weighted by Gasteiger charge is 2.10. The predicted octanol–water partition coefficient (Wildman–Crippen LogP) is 5.09. The number of halogens is 2. The molecule has 0 aliphatic carbocycles. The number of carbonyl (C=O) groups excluding carboxylic acids is 1. The normalized spacial score (nSPS) is 10.4. The first-order valence-corrected chi connectivity index (χ1v) is 8.19. The molecule has 2 aromatic carbocycles. The van der Waals surface area contributed by atoms with Gasteiger partial charge < -0.3 is 10.6 Å². The lowest BCUT2D eigenvalue weighted by Gasteiger charge is -2.09. The zero-order chi connectivity index (χ0) is 17.8. The molecule has 0 aliphatic heterocycles. The second-order valence-corrected chi connectivity index (χ2v) is 6.15. The molecule has 25 heavy (non-hydrogen) atoms. The Morgan fingerprint density at radius 2 is 1.80 bits per heavy atom. The topological polar surface area (TPSA) is 66.9 Å². The minimum atomic E-state index is -0.380. The molecule has 1 aromatic heterocycles. The van der Waals surface area contributed by atoms with E-state index >= 15 is 0 Å². The van der Waals surface area contributed by atoms with E-state index in [1.807, 2.05) is 19.1 Å². The van der Waals surface area contributed by atoms with Crippen molar-refractivity contribution in [2.45, 2.75) is 6.92 Å². The zero-order valence-corrected chi connectivity index (χ0v) is 14.8. The summed E-state index contributed by atoms with van der Waals surface area (Å²) in [6.45, 7) is 1.94. The van der Waals surface area contributed by atoms with E-state index in [1.165, 1.54) is 12.4 Å². The number of nitrogens with one attached hydrogen (secondary N) is 2. The summed E-state index contributed by atoms with van der Waals surface area (Å²) >= 11 is 12.0. The van der Waals surface area contributed by atoms with Gasteiger partial charge in [0.05, 0.1) is 23.1 Å². The van der Waals surface area contributed by atoms with Crippen LogP contribution in [-0.2, 0) is 0 Å². The number of rotatable bonds is 4. The van der Waals surface area contributed by atoms with Crippen molar-refractivity contribution in [1.82, 2.24) is 9.97 Å². The molecule has 126 valence electrons. The van der Waals surface area contributed by atoms with E-state index in [4.69, 9.17) is 23.2 Å². The molecule has 0 aliphatic rings. The highest BCUT2D eigenvalue weighted by atomic mass is 35.5. The van der Waals surface area contributed by atoms with Crippen molar-refractivity contribution >= 4 is 46.3 Å². The van der Waals surface area contributed by atoms with E-state index in [2.05, 4.69) is 20.6 Å². The van der Waals surface area contributed by atoms with E-state index in [9.17, 15) is 4.79 Å². The molecule has 0 unspecified atom stereocenters. The van der Waals surface area contributed by atoms with Crippen molar-refractivity contribution < 1.29 is 4.79 Å². The Balaban J connectivity index is 1.71. The van der Waals surface area contributed by atoms with E-state index < -0.39 is 0 Å². The van der Waals surface area contributed by atoms with Gasteiger partial charge in [0.1, 0.15) is 11.5 Å². The lowest BCUT2D eigenvalue weighted by molar-refractivity contribution is 0.102. The summed E-state index contributed by atoms with van der Waals surface area (Å²) in [5, 5.41) is 6.97. The molecular weight excluding hydrogens is 359 g/mol. The number of para-hydroxylation sites is 1. The first-order chi connectivity index (χ1) is 12.0. The molecule has 0 saturated carbocycles. The fourth-order valence-corrected chi connectivity index (χ4v) is 2.57. The molecule has 2 N–H and O–H groups in total. The fraction of sp³-hybridized carbons (Fsp3) is 0.0556. The third-order valence-corrected chi connectivity index (χ3v) is 4.02. The van der Waals surface area contributed by atoms with Gasteiger partial charge >= 0.3 is 0 Å². The van der Waals surface area contributed by atoms with Crippen LogP contribution in [0.3, 0.4) is 0 Å². The Morgan fingerprint density at radius 1 is 1.00 bits per heavy atom. The molecular formula is C18H14Cl2N4O. The average molecular weight is 373 g/mol. The lowest BCUT2D eigenvalue weighted by atomic mass is 10.2. The maximum absolute atomic E-state index is 12.2. The predicted molar refractivity (Wildman–Crippen MR) is 101 cm³/mol. The van der Waals surface area contributed by atoms with Crippen molar-refractivity contribution in [2.24, 2.45) is 0 Å². The van der Waals surface area contributed by atoms with Crippen LogP contribution >= 0.6 is 23.2 Å². The molecule has 0 spiro atoms. The summed E-state index contributed by atoms with van der Waals surface area (Å²) in [6, 6.07) is 12.5. The molecule has 1 heterocycles. The minimum Gasteiger partial charge on any atom is -0.339 e. The highest BCUT2D eigenvalue weighted by molar-refractivity contribution is 6.33. The molecule has 0 radical (unpaired) electrons. The first-order valence-electron chi connectivity index (χ1n) is 7.44. The van der Waals surface area contributed by atoms with Gasteiger partial charge in [-0.2, -0.15) is 0 Å². The van der Waals surface area contributed by atoms with Gasteiger partial charge in [-0.05, 0) is 42.8 Å². The summed E-state index contributed by atoms with van der Waals surface area (Å²) in [7, 11) is 0. The van der Waals surface area contributed by atoms with Crippen LogP contribution in [0.5, 0.6) is 0 Å². The Labute approximate surface area is 155 Å². The number of hydrogen-bond donors (Lipinski definition) is 2. The van der Waals surface area contributed by atoms with Crippen LogP contribution in [0.4, 0.5) is 17.2 Å². The van der Waals surface area contributed by atoms with Crippen LogP contribution in [0.25, 0.3) is 0 Å². The van der Waals surface area contributed by atoms with Gasteiger partial charge in [0.25, 0.3) is 5.91 Å². The number of carbonyl (C=O) groups is 1. The third-order valence-electron chi connectivity index (χ3n) is 3.46. The molecule has 0 bridgehead atoms. The Kier molecular flexibility index (Phi) is 5.16. The second-order valence-electron chi connectivity index (χ2n) is 5.31. The number of aryl methyl sites for hydroxylation is 1. The van der Waals surface area contributed by atoms with Gasteiger partial charge in [0.2, 0.25) is 0 Å². The summed E-state index contributed by atoms with van der Waals surface area (Å²) in [4.78, 5) is 20.6. The Bertz CT molecular complexity index is 913. The molecule has 0 saturated heterocycles. The highest BCUT2D eigenvalue weighted by Crippen LogP contribution is 2.23. The van der Waals surface area contributed by atoms with Crippen molar-refractivity contribution in [3.8, 4) is 0 Å². The standard InChI is InChI=1S/C18H14Cl2N4O/c1-11-8-12(19)6-7-14(11)23-17-10-21-16(9-22-17)18(25)24-15-5-3-2-4-13(15)20/h2-10H,1H3,(H,22,23)(H,24,25). The van der Waals surface area contributed by atoms with E-state index in [0.717, 1.165) is 11.3 Å². The third kappa shape index (κ3) is 4.26. The maximum atomic E-state index is 12.2. The SMILES string of the molecule is Cc1cc(Cl)ccc1Nc1cnc(C(=O)Nc2ccccc2Cl)cn1. The monoisotopic (exact) mass is 372 g/mol. The number of aromatic nitrogens is 2. The molecule has 3 rings (SSSR count). The fourth-order valence-electron chi connectivity index (χ4n) is 2.16. The average Bonchev–Trinajstić information content (AvgIpc) is 2.60. The molecule has 3 aromatic rings. The number of benzene rings is 2. The zero-order valence-electron chi connectivity index (χ0n) is 13.3. The largest absolute Gasteiger partial charge is 0.339 e. The Morgan fingerprint density at radius 3 is 2.48 bits per heavy atom. The van der Waals surface area contributed by atoms with Crippen LogP contribution in [0, 0.1) is 6.92 Å². The molecule has 0 fully saturated rings. The van der Waals surface area contributed by atoms with Crippen LogP contribution in [0.15, 0.2) is 54.9 Å². The quantitative estimate of drug-likeness (QED) is 0.669. The van der Waals surface area contributed by atoms with Gasteiger partial charge in [-0.15, -0.1) is 0 Å². The summed E-state index contributed by atoms with van der Waals surface area (Å²) in [5.41, 5.74) is 2.56. The minimum absolute atomic E-state index is 0.193. The van der Waals surface area contributed by atoms with Gasteiger partial charge in [-0.1, -0.05) is 35.3 Å². The van der Waals surface area contributed by atoms with E-state index in [0.29, 0.717) is 21.6 Å². The second kappa shape index (κ2) is 7.51. The van der Waals surface area contributed by atoms with Crippen molar-refractivity contribution in [3.05, 3.63) is 76.2 Å². The maximum Gasteiger partial charge on any atom is 0.275 e. The molecule has 5 nitrogen and oxygen atoms in total. The van der Waals surface area contributed by atoms with Gasteiger partial charge in [0, 0.05) is 10.7 Å². The van der Waals surface area contributed by atoms with Crippen LogP contribution < -0.4 is 10.6 Å². The van der Waals surface area contributed by atoms with Gasteiger partial charge in [-0.25, -0.2) is 9.97 Å². The van der Waals surface area contributed by atoms with Crippen LogP contribution in [0.1, 0.15) is 16.1 Å². The molecule has 1 amide bonds. The van der Waals surface area contributed by atoms with Gasteiger partial charge in [-0.3, -0.25) is 4.79 Å². The summed E-state index contributed by atoms with van der Waals surface area (Å²) < 4.78 is 0. The number of hydrogen-bond acceptors (Lipinski definition) is 4. The summed E-state index contributed by atoms with van der Waals surface area (Å²) in [6.07, 6.45) is 2.90. The number of nitrogens with zero attached hydrogens (tertiary/aromatic N) is 2. The van der Waals surface area contributed by atoms with Crippen molar-refractivity contribution in [2.75, 3.05) is 10.6 Å². The smallest absolute Gasteiger partial charge is 0.275 e. The summed E-state index contributed by atoms with van der Waals surface area (Å²) in [5.74, 6) is 0.148. The number of amides is 1. The van der Waals surface area contributed by atoms with E-state index in [1.54, 1.807) is 30.3 Å². The molecule has 0 atom stereocenters.